The maximum atomic E-state index is 4.87. The number of hydrogen-bond donors (Lipinski definition) is 3. The fourth-order valence-corrected chi connectivity index (χ4v) is 4.00. The van der Waals surface area contributed by atoms with E-state index in [0.717, 1.165) is 47.5 Å². The van der Waals surface area contributed by atoms with Crippen LogP contribution in [-0.2, 0) is 6.54 Å². The maximum absolute atomic E-state index is 4.87. The van der Waals surface area contributed by atoms with E-state index < -0.39 is 0 Å². The van der Waals surface area contributed by atoms with Crippen LogP contribution in [0.15, 0.2) is 23.8 Å². The lowest BCUT2D eigenvalue weighted by Crippen LogP contribution is -2.31. The van der Waals surface area contributed by atoms with E-state index in [1.165, 1.54) is 12.8 Å². The third-order valence-corrected chi connectivity index (χ3v) is 5.84. The van der Waals surface area contributed by atoms with Gasteiger partial charge >= 0.3 is 0 Å². The Kier molecular flexibility index (Phi) is 5.54. The molecule has 0 atom stereocenters. The van der Waals surface area contributed by atoms with E-state index >= 15 is 0 Å². The molecule has 8 heteroatoms. The van der Waals surface area contributed by atoms with Gasteiger partial charge in [-0.15, -0.1) is 11.3 Å². The molecule has 0 radical (unpaired) electrons. The van der Waals surface area contributed by atoms with Crippen LogP contribution in [0.4, 0.5) is 11.6 Å². The number of aromatic nitrogens is 4. The van der Waals surface area contributed by atoms with Gasteiger partial charge in [-0.3, -0.25) is 0 Å². The molecule has 1 saturated heterocycles. The highest BCUT2D eigenvalue weighted by atomic mass is 32.1. The Labute approximate surface area is 163 Å². The van der Waals surface area contributed by atoms with Gasteiger partial charge in [-0.05, 0) is 37.8 Å². The van der Waals surface area contributed by atoms with Gasteiger partial charge in [0.15, 0.2) is 5.65 Å². The molecule has 1 fully saturated rings. The molecule has 27 heavy (non-hydrogen) atoms. The zero-order valence-electron chi connectivity index (χ0n) is 15.9. The van der Waals surface area contributed by atoms with E-state index in [1.807, 2.05) is 22.3 Å². The molecule has 1 aliphatic heterocycles. The summed E-state index contributed by atoms with van der Waals surface area (Å²) in [6.07, 6.45) is 6.20. The average molecular weight is 386 g/mol. The molecule has 144 valence electrons. The van der Waals surface area contributed by atoms with Crippen molar-refractivity contribution in [2.75, 3.05) is 30.3 Å². The summed E-state index contributed by atoms with van der Waals surface area (Å²) < 4.78 is 1.90. The number of rotatable bonds is 7. The molecule has 1 aliphatic rings. The molecular weight excluding hydrogens is 358 g/mol. The first-order chi connectivity index (χ1) is 13.2. The van der Waals surface area contributed by atoms with Crippen LogP contribution in [0.3, 0.4) is 0 Å². The number of piperidine rings is 1. The third kappa shape index (κ3) is 4.22. The zero-order chi connectivity index (χ0) is 18.6. The predicted molar refractivity (Wildman–Crippen MR) is 111 cm³/mol. The molecule has 7 nitrogen and oxygen atoms in total. The topological polar surface area (TPSA) is 79.2 Å². The number of nitrogens with one attached hydrogen (secondary N) is 3. The van der Waals surface area contributed by atoms with Crippen molar-refractivity contribution in [1.82, 2.24) is 24.9 Å². The molecule has 4 heterocycles. The van der Waals surface area contributed by atoms with Gasteiger partial charge in [0.1, 0.15) is 16.6 Å². The van der Waals surface area contributed by atoms with Gasteiger partial charge in [0.25, 0.3) is 0 Å². The van der Waals surface area contributed by atoms with E-state index in [4.69, 9.17) is 4.98 Å². The quantitative estimate of drug-likeness (QED) is 0.579. The Bertz CT molecular complexity index is 866. The van der Waals surface area contributed by atoms with Crippen molar-refractivity contribution in [2.45, 2.75) is 39.2 Å². The molecule has 3 aromatic rings. The van der Waals surface area contributed by atoms with Crippen molar-refractivity contribution in [3.63, 3.8) is 0 Å². The second-order valence-electron chi connectivity index (χ2n) is 7.37. The first-order valence-electron chi connectivity index (χ1n) is 9.66. The molecule has 3 aromatic heterocycles. The van der Waals surface area contributed by atoms with Gasteiger partial charge in [0.05, 0.1) is 12.7 Å². The third-order valence-electron chi connectivity index (χ3n) is 5.06. The molecule has 0 saturated carbocycles. The minimum atomic E-state index is 0.376. The Balaban J connectivity index is 1.58. The van der Waals surface area contributed by atoms with E-state index in [9.17, 15) is 0 Å². The second-order valence-corrected chi connectivity index (χ2v) is 8.35. The van der Waals surface area contributed by atoms with Crippen LogP contribution in [0.5, 0.6) is 0 Å². The number of hydrogen-bond acceptors (Lipinski definition) is 7. The first kappa shape index (κ1) is 18.2. The highest BCUT2D eigenvalue weighted by Crippen LogP contribution is 2.25. The molecule has 0 spiro atoms. The van der Waals surface area contributed by atoms with Crippen LogP contribution in [0.2, 0.25) is 0 Å². The Morgan fingerprint density at radius 2 is 2.15 bits per heavy atom. The smallest absolute Gasteiger partial charge is 0.163 e. The van der Waals surface area contributed by atoms with Crippen LogP contribution >= 0.6 is 11.3 Å². The number of thiazole rings is 1. The van der Waals surface area contributed by atoms with Crippen LogP contribution in [0, 0.1) is 5.92 Å². The van der Waals surface area contributed by atoms with E-state index in [1.54, 1.807) is 11.3 Å². The van der Waals surface area contributed by atoms with Crippen LogP contribution in [0.1, 0.15) is 43.2 Å². The standard InChI is InChI=1S/C19H27N7S/c1-13(2)15-11-24-26-17(23-12-18-21-7-8-27-18)9-16(25-19(15)26)22-10-14-3-5-20-6-4-14/h7-9,11,13-14,20,23H,3-6,10,12H2,1-2H3,(H,22,25). The second kappa shape index (κ2) is 8.22. The highest BCUT2D eigenvalue weighted by molar-refractivity contribution is 7.09. The number of fused-ring (bicyclic) bond motifs is 1. The highest BCUT2D eigenvalue weighted by Gasteiger charge is 2.16. The van der Waals surface area contributed by atoms with Gasteiger partial charge in [0, 0.05) is 29.8 Å². The van der Waals surface area contributed by atoms with Gasteiger partial charge in [-0.2, -0.15) is 9.61 Å². The molecule has 3 N–H and O–H groups in total. The SMILES string of the molecule is CC(C)c1cnn2c(NCc3nccs3)cc(NCC3CCNCC3)nc12. The first-order valence-corrected chi connectivity index (χ1v) is 10.5. The fraction of sp³-hybridized carbons (Fsp3) is 0.526. The van der Waals surface area contributed by atoms with Crippen LogP contribution in [0.25, 0.3) is 5.65 Å². The monoisotopic (exact) mass is 385 g/mol. The summed E-state index contributed by atoms with van der Waals surface area (Å²) in [5.41, 5.74) is 2.08. The van der Waals surface area contributed by atoms with E-state index in [2.05, 4.69) is 45.9 Å². The lowest BCUT2D eigenvalue weighted by molar-refractivity contribution is 0.389. The van der Waals surface area contributed by atoms with Gasteiger partial charge < -0.3 is 16.0 Å². The summed E-state index contributed by atoms with van der Waals surface area (Å²) in [5, 5.41) is 18.1. The summed E-state index contributed by atoms with van der Waals surface area (Å²) in [6.45, 7) is 8.22. The van der Waals surface area contributed by atoms with Crippen molar-refractivity contribution in [3.8, 4) is 0 Å². The maximum Gasteiger partial charge on any atom is 0.163 e. The summed E-state index contributed by atoms with van der Waals surface area (Å²) in [7, 11) is 0. The minimum absolute atomic E-state index is 0.376. The molecule has 0 aromatic carbocycles. The normalized spacial score (nSPS) is 15.5. The van der Waals surface area contributed by atoms with Gasteiger partial charge in [0.2, 0.25) is 0 Å². The lowest BCUT2D eigenvalue weighted by atomic mass is 9.98. The summed E-state index contributed by atoms with van der Waals surface area (Å²) in [4.78, 5) is 9.22. The molecular formula is C19H27N7S. The summed E-state index contributed by atoms with van der Waals surface area (Å²) in [5.74, 6) is 2.92. The van der Waals surface area contributed by atoms with Crippen molar-refractivity contribution < 1.29 is 0 Å². The molecule has 0 unspecified atom stereocenters. The molecule has 0 aliphatic carbocycles. The Hall–Kier alpha value is -2.19. The Morgan fingerprint density at radius 1 is 1.30 bits per heavy atom. The number of nitrogens with zero attached hydrogens (tertiary/aromatic N) is 4. The molecule has 4 rings (SSSR count). The molecule has 0 amide bonds. The summed E-state index contributed by atoms with van der Waals surface area (Å²) in [6, 6.07) is 2.05. The Morgan fingerprint density at radius 3 is 2.89 bits per heavy atom. The van der Waals surface area contributed by atoms with E-state index in [0.29, 0.717) is 18.4 Å². The molecule has 0 bridgehead atoms. The lowest BCUT2D eigenvalue weighted by Gasteiger charge is -2.23. The van der Waals surface area contributed by atoms with E-state index in [-0.39, 0.29) is 0 Å². The van der Waals surface area contributed by atoms with Gasteiger partial charge in [-0.1, -0.05) is 13.8 Å². The van der Waals surface area contributed by atoms with Gasteiger partial charge in [-0.25, -0.2) is 9.97 Å². The predicted octanol–water partition coefficient (Wildman–Crippen LogP) is 3.33. The zero-order valence-corrected chi connectivity index (χ0v) is 16.7. The fourth-order valence-electron chi connectivity index (χ4n) is 3.44. The van der Waals surface area contributed by atoms with Crippen LogP contribution in [-0.4, -0.2) is 39.2 Å². The van der Waals surface area contributed by atoms with Crippen molar-refractivity contribution >= 4 is 28.6 Å². The van der Waals surface area contributed by atoms with Crippen molar-refractivity contribution in [1.29, 1.82) is 0 Å². The van der Waals surface area contributed by atoms with Crippen molar-refractivity contribution in [3.05, 3.63) is 34.4 Å². The minimum Gasteiger partial charge on any atom is -0.370 e. The van der Waals surface area contributed by atoms with Crippen molar-refractivity contribution in [2.24, 2.45) is 5.92 Å². The van der Waals surface area contributed by atoms with Crippen LogP contribution < -0.4 is 16.0 Å². The largest absolute Gasteiger partial charge is 0.370 e. The number of anilines is 2. The summed E-state index contributed by atoms with van der Waals surface area (Å²) >= 11 is 1.65. The average Bonchev–Trinajstić information content (AvgIpc) is 3.35.